The van der Waals surface area contributed by atoms with Crippen molar-refractivity contribution >= 4 is 23.3 Å². The molecule has 7 heteroatoms. The third-order valence-corrected chi connectivity index (χ3v) is 5.99. The van der Waals surface area contributed by atoms with Gasteiger partial charge < -0.3 is 5.32 Å². The van der Waals surface area contributed by atoms with Crippen molar-refractivity contribution in [3.8, 4) is 11.1 Å². The van der Waals surface area contributed by atoms with Crippen molar-refractivity contribution in [2.24, 2.45) is 0 Å². The van der Waals surface area contributed by atoms with Crippen molar-refractivity contribution in [3.63, 3.8) is 0 Å². The molecule has 2 aromatic carbocycles. The van der Waals surface area contributed by atoms with Gasteiger partial charge in [-0.25, -0.2) is 13.9 Å². The third kappa shape index (κ3) is 4.94. The summed E-state index contributed by atoms with van der Waals surface area (Å²) >= 11 is 1.41. The van der Waals surface area contributed by atoms with Gasteiger partial charge in [-0.15, -0.1) is 0 Å². The number of hydrogen-bond acceptors (Lipinski definition) is 4. The fourth-order valence-electron chi connectivity index (χ4n) is 3.27. The van der Waals surface area contributed by atoms with E-state index in [-0.39, 0.29) is 17.5 Å². The maximum absolute atomic E-state index is 13.3. The highest BCUT2D eigenvalue weighted by atomic mass is 32.2. The Morgan fingerprint density at radius 2 is 1.81 bits per heavy atom. The summed E-state index contributed by atoms with van der Waals surface area (Å²) in [6, 6.07) is 16.4. The van der Waals surface area contributed by atoms with Crippen LogP contribution in [0.4, 0.5) is 4.39 Å². The zero-order valence-electron chi connectivity index (χ0n) is 17.4. The van der Waals surface area contributed by atoms with Crippen LogP contribution >= 0.6 is 11.8 Å². The molecule has 0 aliphatic heterocycles. The van der Waals surface area contributed by atoms with E-state index in [1.807, 2.05) is 25.1 Å². The Morgan fingerprint density at radius 1 is 1.10 bits per heavy atom. The van der Waals surface area contributed by atoms with Crippen LogP contribution in [0.1, 0.15) is 23.7 Å². The van der Waals surface area contributed by atoms with Gasteiger partial charge in [0.25, 0.3) is 0 Å². The van der Waals surface area contributed by atoms with Gasteiger partial charge in [0.05, 0.1) is 11.9 Å². The molecule has 1 amide bonds. The lowest BCUT2D eigenvalue weighted by molar-refractivity contribution is -0.118. The minimum atomic E-state index is -0.284. The van der Waals surface area contributed by atoms with Gasteiger partial charge in [0, 0.05) is 17.8 Å². The Morgan fingerprint density at radius 3 is 2.52 bits per heavy atom. The highest BCUT2D eigenvalue weighted by molar-refractivity contribution is 7.99. The lowest BCUT2D eigenvalue weighted by Crippen LogP contribution is -2.24. The summed E-state index contributed by atoms with van der Waals surface area (Å²) in [5, 5.41) is 8.25. The largest absolute Gasteiger partial charge is 0.351 e. The van der Waals surface area contributed by atoms with Gasteiger partial charge in [-0.3, -0.25) is 4.79 Å². The molecule has 0 spiro atoms. The standard InChI is InChI=1S/C24H23FN4OS/c1-3-17-4-6-18(7-5-17)13-26-22(30)15-31-23-12-16(2)28-24-21(14-27-29(23)24)19-8-10-20(25)11-9-19/h4-12,14H,3,13,15H2,1-2H3,(H,26,30). The number of nitrogens with zero attached hydrogens (tertiary/aromatic N) is 3. The predicted octanol–water partition coefficient (Wildman–Crippen LogP) is 4.81. The quantitative estimate of drug-likeness (QED) is 0.335. The maximum atomic E-state index is 13.3. The van der Waals surface area contributed by atoms with E-state index in [1.54, 1.807) is 22.8 Å². The molecule has 0 bridgehead atoms. The van der Waals surface area contributed by atoms with E-state index in [1.165, 1.54) is 29.5 Å². The first-order valence-electron chi connectivity index (χ1n) is 10.1. The lowest BCUT2D eigenvalue weighted by atomic mass is 10.1. The minimum absolute atomic E-state index is 0.0434. The normalized spacial score (nSPS) is 11.1. The van der Waals surface area contributed by atoms with E-state index in [9.17, 15) is 9.18 Å². The number of nitrogens with one attached hydrogen (secondary N) is 1. The van der Waals surface area contributed by atoms with Crippen molar-refractivity contribution in [2.75, 3.05) is 5.75 Å². The smallest absolute Gasteiger partial charge is 0.230 e. The average Bonchev–Trinajstić information content (AvgIpc) is 3.20. The molecule has 2 aromatic heterocycles. The van der Waals surface area contributed by atoms with Crippen molar-refractivity contribution < 1.29 is 9.18 Å². The van der Waals surface area contributed by atoms with Crippen molar-refractivity contribution in [1.82, 2.24) is 19.9 Å². The Bertz CT molecular complexity index is 1200. The topological polar surface area (TPSA) is 59.3 Å². The van der Waals surface area contributed by atoms with Gasteiger partial charge in [0.1, 0.15) is 10.8 Å². The number of carbonyl (C=O) groups excluding carboxylic acids is 1. The summed E-state index contributed by atoms with van der Waals surface area (Å²) in [7, 11) is 0. The number of carbonyl (C=O) groups is 1. The monoisotopic (exact) mass is 434 g/mol. The molecule has 0 atom stereocenters. The SMILES string of the molecule is CCc1ccc(CNC(=O)CSc2cc(C)nc3c(-c4ccc(F)cc4)cnn23)cc1. The summed E-state index contributed by atoms with van der Waals surface area (Å²) in [4.78, 5) is 17.0. The molecule has 5 nitrogen and oxygen atoms in total. The molecule has 4 rings (SSSR count). The average molecular weight is 435 g/mol. The van der Waals surface area contributed by atoms with Crippen LogP contribution < -0.4 is 5.32 Å². The Labute approximate surface area is 184 Å². The van der Waals surface area contributed by atoms with Gasteiger partial charge in [0.2, 0.25) is 5.91 Å². The van der Waals surface area contributed by atoms with E-state index in [4.69, 9.17) is 0 Å². The number of aromatic nitrogens is 3. The number of benzene rings is 2. The second kappa shape index (κ2) is 9.31. The first kappa shape index (κ1) is 21.1. The van der Waals surface area contributed by atoms with Gasteiger partial charge in [-0.1, -0.05) is 55.1 Å². The van der Waals surface area contributed by atoms with E-state index in [0.717, 1.165) is 33.8 Å². The number of amides is 1. The van der Waals surface area contributed by atoms with Crippen LogP contribution in [-0.4, -0.2) is 26.3 Å². The molecule has 0 unspecified atom stereocenters. The fourth-order valence-corrected chi connectivity index (χ4v) is 4.16. The zero-order chi connectivity index (χ0) is 21.8. The van der Waals surface area contributed by atoms with E-state index >= 15 is 0 Å². The molecule has 4 aromatic rings. The lowest BCUT2D eigenvalue weighted by Gasteiger charge is -2.08. The summed E-state index contributed by atoms with van der Waals surface area (Å²) in [5.41, 5.74) is 5.54. The summed E-state index contributed by atoms with van der Waals surface area (Å²) < 4.78 is 15.0. The first-order valence-corrected chi connectivity index (χ1v) is 11.1. The van der Waals surface area contributed by atoms with Gasteiger partial charge in [-0.05, 0) is 48.2 Å². The van der Waals surface area contributed by atoms with Gasteiger partial charge in [0.15, 0.2) is 5.65 Å². The molecule has 2 heterocycles. The van der Waals surface area contributed by atoms with Crippen molar-refractivity contribution in [1.29, 1.82) is 0 Å². The minimum Gasteiger partial charge on any atom is -0.351 e. The first-order chi connectivity index (χ1) is 15.0. The molecule has 0 saturated carbocycles. The predicted molar refractivity (Wildman–Crippen MR) is 122 cm³/mol. The molecule has 158 valence electrons. The van der Waals surface area contributed by atoms with E-state index in [2.05, 4.69) is 34.5 Å². The second-order valence-corrected chi connectivity index (χ2v) is 8.27. The van der Waals surface area contributed by atoms with Crippen LogP contribution in [0.2, 0.25) is 0 Å². The highest BCUT2D eigenvalue weighted by Gasteiger charge is 2.14. The van der Waals surface area contributed by atoms with Crippen molar-refractivity contribution in [2.45, 2.75) is 31.8 Å². The Balaban J connectivity index is 1.45. The zero-order valence-corrected chi connectivity index (χ0v) is 18.2. The Hall–Kier alpha value is -3.19. The molecular weight excluding hydrogens is 411 g/mol. The third-order valence-electron chi connectivity index (χ3n) is 4.99. The van der Waals surface area contributed by atoms with Crippen LogP contribution in [0, 0.1) is 12.7 Å². The van der Waals surface area contributed by atoms with Crippen LogP contribution in [-0.2, 0) is 17.8 Å². The molecular formula is C24H23FN4OS. The molecule has 31 heavy (non-hydrogen) atoms. The van der Waals surface area contributed by atoms with E-state index in [0.29, 0.717) is 12.2 Å². The van der Waals surface area contributed by atoms with Crippen LogP contribution in [0.25, 0.3) is 16.8 Å². The number of fused-ring (bicyclic) bond motifs is 1. The van der Waals surface area contributed by atoms with E-state index < -0.39 is 0 Å². The number of thioether (sulfide) groups is 1. The number of hydrogen-bond donors (Lipinski definition) is 1. The maximum Gasteiger partial charge on any atom is 0.230 e. The summed E-state index contributed by atoms with van der Waals surface area (Å²) in [6.45, 7) is 4.53. The number of halogens is 1. The summed E-state index contributed by atoms with van der Waals surface area (Å²) in [6.07, 6.45) is 2.72. The Kier molecular flexibility index (Phi) is 6.32. The van der Waals surface area contributed by atoms with Gasteiger partial charge >= 0.3 is 0 Å². The highest BCUT2D eigenvalue weighted by Crippen LogP contribution is 2.27. The molecule has 0 aliphatic rings. The number of aryl methyl sites for hydroxylation is 2. The molecule has 0 fully saturated rings. The second-order valence-electron chi connectivity index (χ2n) is 7.27. The number of rotatable bonds is 7. The van der Waals surface area contributed by atoms with Crippen LogP contribution in [0.15, 0.2) is 65.8 Å². The summed E-state index contributed by atoms with van der Waals surface area (Å²) in [5.74, 6) is -0.0526. The molecule has 0 aliphatic carbocycles. The van der Waals surface area contributed by atoms with Crippen molar-refractivity contribution in [3.05, 3.63) is 83.4 Å². The molecule has 0 saturated heterocycles. The van der Waals surface area contributed by atoms with Crippen LogP contribution in [0.3, 0.4) is 0 Å². The molecule has 1 N–H and O–H groups in total. The van der Waals surface area contributed by atoms with Gasteiger partial charge in [-0.2, -0.15) is 5.10 Å². The molecule has 0 radical (unpaired) electrons. The van der Waals surface area contributed by atoms with Crippen LogP contribution in [0.5, 0.6) is 0 Å². The fraction of sp³-hybridized carbons (Fsp3) is 0.208.